The Hall–Kier alpha value is -2.74. The fourth-order valence-corrected chi connectivity index (χ4v) is 2.44. The van der Waals surface area contributed by atoms with Crippen molar-refractivity contribution in [3.63, 3.8) is 0 Å². The van der Waals surface area contributed by atoms with Crippen LogP contribution in [0.4, 0.5) is 4.79 Å². The van der Waals surface area contributed by atoms with Crippen LogP contribution >= 0.6 is 11.6 Å². The maximum atomic E-state index is 11.7. The molecule has 1 aliphatic rings. The van der Waals surface area contributed by atoms with E-state index in [0.717, 1.165) is 11.0 Å². The van der Waals surface area contributed by atoms with Crippen molar-refractivity contribution in [1.82, 2.24) is 4.90 Å². The Morgan fingerprint density at radius 3 is 2.77 bits per heavy atom. The van der Waals surface area contributed by atoms with Gasteiger partial charge in [-0.2, -0.15) is 0 Å². The molecule has 140 valence electrons. The van der Waals surface area contributed by atoms with E-state index in [1.165, 1.54) is 13.2 Å². The predicted molar refractivity (Wildman–Crippen MR) is 92.2 cm³/mol. The van der Waals surface area contributed by atoms with E-state index in [0.29, 0.717) is 28.7 Å². The molecule has 1 heterocycles. The molecule has 0 unspecified atom stereocenters. The third-order valence-corrected chi connectivity index (χ3v) is 3.63. The molecule has 1 aromatic rings. The first-order chi connectivity index (χ1) is 12.5. The van der Waals surface area contributed by atoms with Gasteiger partial charge in [0.25, 0.3) is 5.91 Å². The highest BCUT2D eigenvalue weighted by atomic mass is 35.5. The first-order valence-corrected chi connectivity index (χ1v) is 8.16. The number of halogens is 1. The molecule has 8 nitrogen and oxygen atoms in total. The van der Waals surface area contributed by atoms with Crippen molar-refractivity contribution in [1.29, 1.82) is 0 Å². The van der Waals surface area contributed by atoms with Crippen LogP contribution in [-0.2, 0) is 19.1 Å². The van der Waals surface area contributed by atoms with Gasteiger partial charge in [-0.15, -0.1) is 0 Å². The second kappa shape index (κ2) is 9.10. The molecular weight excluding hydrogens is 366 g/mol. The lowest BCUT2D eigenvalue weighted by Crippen LogP contribution is -2.35. The molecule has 0 saturated carbocycles. The Balaban J connectivity index is 1.96. The highest BCUT2D eigenvalue weighted by Gasteiger charge is 2.28. The monoisotopic (exact) mass is 383 g/mol. The van der Waals surface area contributed by atoms with Crippen LogP contribution in [0.1, 0.15) is 12.5 Å². The molecular formula is C17H18ClNO7. The van der Waals surface area contributed by atoms with Crippen molar-refractivity contribution in [2.24, 2.45) is 0 Å². The Kier molecular flexibility index (Phi) is 6.85. The third kappa shape index (κ3) is 4.89. The fourth-order valence-electron chi connectivity index (χ4n) is 2.16. The van der Waals surface area contributed by atoms with E-state index in [1.54, 1.807) is 12.1 Å². The number of rotatable bonds is 7. The first kappa shape index (κ1) is 19.6. The molecule has 1 aromatic carbocycles. The number of carbonyl (C=O) groups is 3. The Morgan fingerprint density at radius 1 is 1.38 bits per heavy atom. The molecule has 1 saturated heterocycles. The minimum atomic E-state index is -0.741. The topological polar surface area (TPSA) is 91.4 Å². The third-order valence-electron chi connectivity index (χ3n) is 3.35. The molecule has 26 heavy (non-hydrogen) atoms. The van der Waals surface area contributed by atoms with E-state index < -0.39 is 24.6 Å². The summed E-state index contributed by atoms with van der Waals surface area (Å²) in [6, 6.07) is 3.25. The van der Waals surface area contributed by atoms with Gasteiger partial charge in [0.05, 0.1) is 25.3 Å². The number of cyclic esters (lactones) is 1. The van der Waals surface area contributed by atoms with Crippen LogP contribution in [0, 0.1) is 0 Å². The maximum absolute atomic E-state index is 11.7. The Labute approximate surface area is 155 Å². The summed E-state index contributed by atoms with van der Waals surface area (Å²) in [6.07, 6.45) is 1.86. The number of nitrogens with zero attached hydrogens (tertiary/aromatic N) is 1. The highest BCUT2D eigenvalue weighted by Crippen LogP contribution is 2.36. The number of imide groups is 1. The number of carbonyl (C=O) groups excluding carboxylic acids is 3. The minimum Gasteiger partial charge on any atom is -0.493 e. The molecule has 0 aliphatic carbocycles. The average molecular weight is 384 g/mol. The quantitative estimate of drug-likeness (QED) is 0.527. The zero-order chi connectivity index (χ0) is 19.1. The average Bonchev–Trinajstić information content (AvgIpc) is 3.05. The zero-order valence-electron chi connectivity index (χ0n) is 14.3. The van der Waals surface area contributed by atoms with Crippen LogP contribution < -0.4 is 9.47 Å². The van der Waals surface area contributed by atoms with Gasteiger partial charge in [0.15, 0.2) is 18.1 Å². The van der Waals surface area contributed by atoms with Crippen molar-refractivity contribution < 1.29 is 33.3 Å². The number of esters is 1. The standard InChI is InChI=1S/C17H18ClNO7/c1-3-24-16-12(18)8-11(9-13(16)23-2)4-5-15(21)26-10-14(20)19-6-7-25-17(19)22/h4-5,8-9H,3,6-7,10H2,1-2H3/b5-4+. The molecule has 1 aliphatic heterocycles. The van der Waals surface area contributed by atoms with Gasteiger partial charge in [0, 0.05) is 6.08 Å². The number of hydrogen-bond donors (Lipinski definition) is 0. The molecule has 2 amide bonds. The lowest BCUT2D eigenvalue weighted by molar-refractivity contribution is -0.146. The summed E-state index contributed by atoms with van der Waals surface area (Å²) in [5.41, 5.74) is 0.585. The largest absolute Gasteiger partial charge is 0.493 e. The van der Waals surface area contributed by atoms with Crippen molar-refractivity contribution in [2.45, 2.75) is 6.92 Å². The first-order valence-electron chi connectivity index (χ1n) is 7.78. The van der Waals surface area contributed by atoms with Crippen molar-refractivity contribution >= 4 is 35.6 Å². The molecule has 0 N–H and O–H groups in total. The number of hydrogen-bond acceptors (Lipinski definition) is 7. The Bertz CT molecular complexity index is 732. The van der Waals surface area contributed by atoms with E-state index in [4.69, 9.17) is 25.8 Å². The van der Waals surface area contributed by atoms with E-state index in [2.05, 4.69) is 4.74 Å². The SMILES string of the molecule is CCOc1c(Cl)cc(/C=C/C(=O)OCC(=O)N2CCOC2=O)cc1OC. The maximum Gasteiger partial charge on any atom is 0.416 e. The molecule has 0 bridgehead atoms. The van der Waals surface area contributed by atoms with Crippen LogP contribution in [0.2, 0.25) is 5.02 Å². The summed E-state index contributed by atoms with van der Waals surface area (Å²) in [7, 11) is 1.48. The smallest absolute Gasteiger partial charge is 0.416 e. The number of benzene rings is 1. The van der Waals surface area contributed by atoms with E-state index in [1.807, 2.05) is 6.92 Å². The van der Waals surface area contributed by atoms with Gasteiger partial charge < -0.3 is 18.9 Å². The lowest BCUT2D eigenvalue weighted by atomic mass is 10.2. The van der Waals surface area contributed by atoms with Gasteiger partial charge >= 0.3 is 12.1 Å². The van der Waals surface area contributed by atoms with Crippen LogP contribution in [0.5, 0.6) is 11.5 Å². The van der Waals surface area contributed by atoms with Crippen LogP contribution in [0.15, 0.2) is 18.2 Å². The molecule has 0 spiro atoms. The van der Waals surface area contributed by atoms with Crippen molar-refractivity contribution in [2.75, 3.05) is 33.5 Å². The normalized spacial score (nSPS) is 13.7. The molecule has 0 atom stereocenters. The van der Waals surface area contributed by atoms with Crippen LogP contribution in [0.25, 0.3) is 6.08 Å². The van der Waals surface area contributed by atoms with Crippen LogP contribution in [-0.4, -0.2) is 56.3 Å². The summed E-state index contributed by atoms with van der Waals surface area (Å²) in [5, 5.41) is 0.335. The summed E-state index contributed by atoms with van der Waals surface area (Å²) in [6.45, 7) is 1.98. The van der Waals surface area contributed by atoms with Crippen molar-refractivity contribution in [3.8, 4) is 11.5 Å². The van der Waals surface area contributed by atoms with E-state index in [-0.39, 0.29) is 13.2 Å². The van der Waals surface area contributed by atoms with Crippen LogP contribution in [0.3, 0.4) is 0 Å². The zero-order valence-corrected chi connectivity index (χ0v) is 15.1. The fraction of sp³-hybridized carbons (Fsp3) is 0.353. The van der Waals surface area contributed by atoms with E-state index in [9.17, 15) is 14.4 Å². The van der Waals surface area contributed by atoms with Crippen molar-refractivity contribution in [3.05, 3.63) is 28.8 Å². The number of ether oxygens (including phenoxy) is 4. The summed E-state index contributed by atoms with van der Waals surface area (Å²) in [5.74, 6) is -0.538. The lowest BCUT2D eigenvalue weighted by Gasteiger charge is -2.12. The highest BCUT2D eigenvalue weighted by molar-refractivity contribution is 6.32. The predicted octanol–water partition coefficient (Wildman–Crippen LogP) is 2.28. The van der Waals surface area contributed by atoms with Gasteiger partial charge in [-0.25, -0.2) is 14.5 Å². The second-order valence-electron chi connectivity index (χ2n) is 5.07. The van der Waals surface area contributed by atoms with Gasteiger partial charge in [-0.1, -0.05) is 11.6 Å². The molecule has 2 rings (SSSR count). The summed E-state index contributed by atoms with van der Waals surface area (Å²) < 4.78 is 20.1. The summed E-state index contributed by atoms with van der Waals surface area (Å²) >= 11 is 6.15. The van der Waals surface area contributed by atoms with E-state index >= 15 is 0 Å². The summed E-state index contributed by atoms with van der Waals surface area (Å²) in [4.78, 5) is 35.6. The molecule has 1 fully saturated rings. The van der Waals surface area contributed by atoms with Gasteiger partial charge in [0.1, 0.15) is 6.61 Å². The molecule has 9 heteroatoms. The molecule has 0 aromatic heterocycles. The van der Waals surface area contributed by atoms with Gasteiger partial charge in [-0.3, -0.25) is 4.79 Å². The van der Waals surface area contributed by atoms with Gasteiger partial charge in [-0.05, 0) is 30.7 Å². The number of methoxy groups -OCH3 is 1. The number of amides is 2. The second-order valence-corrected chi connectivity index (χ2v) is 5.48. The Morgan fingerprint density at radius 2 is 2.15 bits per heavy atom. The minimum absolute atomic E-state index is 0.138. The van der Waals surface area contributed by atoms with Gasteiger partial charge in [0.2, 0.25) is 0 Å². The molecule has 0 radical (unpaired) electrons.